The smallest absolute Gasteiger partial charge is 0.131 e. The van der Waals surface area contributed by atoms with E-state index in [1.807, 2.05) is 35.7 Å². The zero-order valence-electron chi connectivity index (χ0n) is 10.8. The third-order valence-corrected chi connectivity index (χ3v) is 4.54. The molecule has 0 amide bonds. The number of hydrogen-bond acceptors (Lipinski definition) is 3. The lowest BCUT2D eigenvalue weighted by atomic mass is 10.1. The summed E-state index contributed by atoms with van der Waals surface area (Å²) in [5, 5.41) is 14.1. The molecule has 0 aliphatic rings. The van der Waals surface area contributed by atoms with Crippen LogP contribution >= 0.6 is 34.5 Å². The van der Waals surface area contributed by atoms with Crippen molar-refractivity contribution in [2.75, 3.05) is 0 Å². The zero-order valence-corrected chi connectivity index (χ0v) is 13.2. The molecule has 2 nitrogen and oxygen atoms in total. The normalized spacial score (nSPS) is 12.3. The summed E-state index contributed by atoms with van der Waals surface area (Å²) >= 11 is 13.6. The first-order valence-electron chi connectivity index (χ1n) is 6.29. The van der Waals surface area contributed by atoms with Crippen LogP contribution in [0, 0.1) is 0 Å². The number of aromatic nitrogens is 1. The summed E-state index contributed by atoms with van der Waals surface area (Å²) in [5.74, 6) is 0. The van der Waals surface area contributed by atoms with Crippen molar-refractivity contribution in [3.63, 3.8) is 0 Å². The highest BCUT2D eigenvalue weighted by Gasteiger charge is 2.16. The first-order valence-corrected chi connectivity index (χ1v) is 7.92. The van der Waals surface area contributed by atoms with Gasteiger partial charge in [-0.2, -0.15) is 0 Å². The molecule has 0 bridgehead atoms. The fourth-order valence-corrected chi connectivity index (χ4v) is 3.22. The van der Waals surface area contributed by atoms with Crippen LogP contribution in [0.25, 0.3) is 11.3 Å². The summed E-state index contributed by atoms with van der Waals surface area (Å²) in [5.41, 5.74) is 2.31. The van der Waals surface area contributed by atoms with Crippen LogP contribution in [0.5, 0.6) is 0 Å². The average Bonchev–Trinajstić information content (AvgIpc) is 2.99. The molecular weight excluding hydrogens is 325 g/mol. The summed E-state index contributed by atoms with van der Waals surface area (Å²) < 4.78 is 0. The Morgan fingerprint density at radius 3 is 2.57 bits per heavy atom. The van der Waals surface area contributed by atoms with Crippen molar-refractivity contribution in [1.82, 2.24) is 4.98 Å². The van der Waals surface area contributed by atoms with Gasteiger partial charge in [-0.3, -0.25) is 0 Å². The molecule has 3 rings (SSSR count). The maximum absolute atomic E-state index is 10.4. The van der Waals surface area contributed by atoms with E-state index in [2.05, 4.69) is 4.98 Å². The lowest BCUT2D eigenvalue weighted by Gasteiger charge is -2.07. The molecule has 0 spiro atoms. The highest BCUT2D eigenvalue weighted by molar-refractivity contribution is 7.10. The minimum Gasteiger partial charge on any atom is -0.381 e. The van der Waals surface area contributed by atoms with Crippen molar-refractivity contribution in [1.29, 1.82) is 0 Å². The Hall–Kier alpha value is -1.39. The Labute approximate surface area is 136 Å². The molecule has 1 atom stereocenters. The van der Waals surface area contributed by atoms with E-state index < -0.39 is 6.10 Å². The highest BCUT2D eigenvalue weighted by atomic mass is 35.5. The molecular formula is C16H11Cl2NOS. The lowest BCUT2D eigenvalue weighted by molar-refractivity contribution is 0.220. The molecule has 0 saturated carbocycles. The lowest BCUT2D eigenvalue weighted by Crippen LogP contribution is -1.98. The molecule has 0 aliphatic carbocycles. The fraction of sp³-hybridized carbons (Fsp3) is 0.0625. The standard InChI is InChI=1S/C16H11Cl2NOS/c17-11-6-7-13(18)12(8-11)14-9-21-16(19-14)15(20)10-4-2-1-3-5-10/h1-9,15,20H. The minimum atomic E-state index is -0.733. The maximum Gasteiger partial charge on any atom is 0.131 e. The van der Waals surface area contributed by atoms with E-state index in [0.717, 1.165) is 16.8 Å². The van der Waals surface area contributed by atoms with Gasteiger partial charge in [-0.25, -0.2) is 4.98 Å². The molecule has 1 aromatic heterocycles. The van der Waals surface area contributed by atoms with Crippen molar-refractivity contribution in [2.24, 2.45) is 0 Å². The van der Waals surface area contributed by atoms with Crippen LogP contribution in [0.4, 0.5) is 0 Å². The summed E-state index contributed by atoms with van der Waals surface area (Å²) in [6, 6.07) is 14.7. The first-order chi connectivity index (χ1) is 10.1. The van der Waals surface area contributed by atoms with Gasteiger partial charge in [-0.15, -0.1) is 11.3 Å². The van der Waals surface area contributed by atoms with Gasteiger partial charge in [0.1, 0.15) is 11.1 Å². The van der Waals surface area contributed by atoms with Gasteiger partial charge in [0.2, 0.25) is 0 Å². The Morgan fingerprint density at radius 2 is 1.81 bits per heavy atom. The van der Waals surface area contributed by atoms with E-state index in [4.69, 9.17) is 23.2 Å². The Balaban J connectivity index is 1.95. The van der Waals surface area contributed by atoms with E-state index in [0.29, 0.717) is 15.1 Å². The Morgan fingerprint density at radius 1 is 1.05 bits per heavy atom. The second-order valence-electron chi connectivity index (χ2n) is 4.51. The third-order valence-electron chi connectivity index (χ3n) is 3.08. The minimum absolute atomic E-state index is 0.588. The van der Waals surface area contributed by atoms with Crippen LogP contribution in [-0.4, -0.2) is 10.1 Å². The molecule has 106 valence electrons. The van der Waals surface area contributed by atoms with Crippen LogP contribution < -0.4 is 0 Å². The average molecular weight is 336 g/mol. The number of halogens is 2. The maximum atomic E-state index is 10.4. The monoisotopic (exact) mass is 335 g/mol. The number of aliphatic hydroxyl groups excluding tert-OH is 1. The van der Waals surface area contributed by atoms with Crippen molar-refractivity contribution >= 4 is 34.5 Å². The Kier molecular flexibility index (Phi) is 4.27. The molecule has 0 fully saturated rings. The number of rotatable bonds is 3. The topological polar surface area (TPSA) is 33.1 Å². The van der Waals surface area contributed by atoms with Crippen LogP contribution in [0.3, 0.4) is 0 Å². The van der Waals surface area contributed by atoms with E-state index in [-0.39, 0.29) is 0 Å². The van der Waals surface area contributed by atoms with Crippen molar-refractivity contribution in [3.05, 3.63) is 74.5 Å². The zero-order chi connectivity index (χ0) is 14.8. The predicted molar refractivity (Wildman–Crippen MR) is 88.1 cm³/mol. The summed E-state index contributed by atoms with van der Waals surface area (Å²) in [4.78, 5) is 4.48. The molecule has 21 heavy (non-hydrogen) atoms. The molecule has 1 unspecified atom stereocenters. The van der Waals surface area contributed by atoms with Crippen molar-refractivity contribution in [2.45, 2.75) is 6.10 Å². The number of nitrogens with zero attached hydrogens (tertiary/aromatic N) is 1. The quantitative estimate of drug-likeness (QED) is 0.713. The fourth-order valence-electron chi connectivity index (χ4n) is 2.01. The molecule has 0 saturated heterocycles. The van der Waals surface area contributed by atoms with Gasteiger partial charge in [-0.05, 0) is 23.8 Å². The van der Waals surface area contributed by atoms with Gasteiger partial charge in [-0.1, -0.05) is 53.5 Å². The van der Waals surface area contributed by atoms with Crippen LogP contribution in [0.1, 0.15) is 16.7 Å². The van der Waals surface area contributed by atoms with Gasteiger partial charge < -0.3 is 5.11 Å². The number of aliphatic hydroxyl groups is 1. The SMILES string of the molecule is OC(c1ccccc1)c1nc(-c2cc(Cl)ccc2Cl)cs1. The van der Waals surface area contributed by atoms with Crippen molar-refractivity contribution < 1.29 is 5.11 Å². The number of hydrogen-bond donors (Lipinski definition) is 1. The van der Waals surface area contributed by atoms with E-state index in [1.165, 1.54) is 11.3 Å². The molecule has 2 aromatic carbocycles. The number of benzene rings is 2. The van der Waals surface area contributed by atoms with Gasteiger partial charge in [0, 0.05) is 16.0 Å². The Bertz CT molecular complexity index is 758. The van der Waals surface area contributed by atoms with Crippen LogP contribution in [0.2, 0.25) is 10.0 Å². The summed E-state index contributed by atoms with van der Waals surface area (Å²) in [6.07, 6.45) is -0.733. The van der Waals surface area contributed by atoms with E-state index in [9.17, 15) is 5.11 Å². The molecule has 0 radical (unpaired) electrons. The van der Waals surface area contributed by atoms with Crippen molar-refractivity contribution in [3.8, 4) is 11.3 Å². The van der Waals surface area contributed by atoms with E-state index in [1.54, 1.807) is 18.2 Å². The van der Waals surface area contributed by atoms with Gasteiger partial charge in [0.25, 0.3) is 0 Å². The van der Waals surface area contributed by atoms with Gasteiger partial charge in [0.05, 0.1) is 10.7 Å². The molecule has 5 heteroatoms. The summed E-state index contributed by atoms with van der Waals surface area (Å²) in [7, 11) is 0. The molecule has 0 aliphatic heterocycles. The second-order valence-corrected chi connectivity index (χ2v) is 6.24. The largest absolute Gasteiger partial charge is 0.381 e. The predicted octanol–water partition coefficient (Wildman–Crippen LogP) is 5.20. The van der Waals surface area contributed by atoms with Gasteiger partial charge >= 0.3 is 0 Å². The molecule has 1 heterocycles. The van der Waals surface area contributed by atoms with Crippen LogP contribution in [-0.2, 0) is 0 Å². The van der Waals surface area contributed by atoms with Gasteiger partial charge in [0.15, 0.2) is 0 Å². The highest BCUT2D eigenvalue weighted by Crippen LogP contribution is 2.33. The first kappa shape index (κ1) is 14.5. The van der Waals surface area contributed by atoms with Crippen LogP contribution in [0.15, 0.2) is 53.9 Å². The second kappa shape index (κ2) is 6.16. The molecule has 1 N–H and O–H groups in total. The molecule has 3 aromatic rings. The summed E-state index contributed by atoms with van der Waals surface area (Å²) in [6.45, 7) is 0. The number of thiazole rings is 1. The third kappa shape index (κ3) is 3.11. The van der Waals surface area contributed by atoms with E-state index >= 15 is 0 Å².